The number of benzene rings is 1. The van der Waals surface area contributed by atoms with E-state index in [0.717, 1.165) is 10.9 Å². The number of esters is 1. The number of carbonyl (C=O) groups excluding carboxylic acids is 1. The van der Waals surface area contributed by atoms with E-state index in [1.165, 1.54) is 0 Å². The van der Waals surface area contributed by atoms with Gasteiger partial charge in [-0.05, 0) is 41.4 Å². The molecule has 0 aliphatic rings. The van der Waals surface area contributed by atoms with Crippen molar-refractivity contribution in [1.29, 1.82) is 0 Å². The Kier molecular flexibility index (Phi) is 4.14. The maximum Gasteiger partial charge on any atom is 0.339 e. The highest BCUT2D eigenvalue weighted by Gasteiger charge is 2.12. The molecule has 0 aromatic heterocycles. The maximum absolute atomic E-state index is 11.6. The number of rotatable bonds is 3. The van der Waals surface area contributed by atoms with E-state index in [1.54, 1.807) is 6.07 Å². The Balaban J connectivity index is 2.75. The van der Waals surface area contributed by atoms with Gasteiger partial charge in [0.05, 0.1) is 11.7 Å². The first-order valence-electron chi connectivity index (χ1n) is 4.60. The second kappa shape index (κ2) is 5.15. The molecule has 0 saturated heterocycles. The summed E-state index contributed by atoms with van der Waals surface area (Å²) in [5.41, 5.74) is 0.577. The number of hydrogen-bond donors (Lipinski definition) is 0. The second-order valence-corrected chi connectivity index (χ2v) is 3.96. The van der Waals surface area contributed by atoms with Crippen molar-refractivity contribution in [2.75, 3.05) is 0 Å². The predicted molar refractivity (Wildman–Crippen MR) is 59.3 cm³/mol. The van der Waals surface area contributed by atoms with Gasteiger partial charge in [0.1, 0.15) is 0 Å². The summed E-state index contributed by atoms with van der Waals surface area (Å²) in [7, 11) is 0. The molecule has 1 rings (SSSR count). The molecule has 0 aliphatic heterocycles. The largest absolute Gasteiger partial charge is 0.459 e. The Morgan fingerprint density at radius 1 is 1.50 bits per heavy atom. The van der Waals surface area contributed by atoms with E-state index in [1.807, 2.05) is 32.0 Å². The van der Waals surface area contributed by atoms with Crippen LogP contribution in [0.4, 0.5) is 0 Å². The molecular formula is C11H13BrO2. The molecule has 0 saturated carbocycles. The van der Waals surface area contributed by atoms with Gasteiger partial charge in [-0.1, -0.05) is 19.1 Å². The summed E-state index contributed by atoms with van der Waals surface area (Å²) in [6, 6.07) is 7.25. The summed E-state index contributed by atoms with van der Waals surface area (Å²) >= 11 is 3.31. The fourth-order valence-electron chi connectivity index (χ4n) is 0.956. The van der Waals surface area contributed by atoms with Crippen LogP contribution in [-0.4, -0.2) is 12.1 Å². The fourth-order valence-corrected chi connectivity index (χ4v) is 1.40. The van der Waals surface area contributed by atoms with Crippen molar-refractivity contribution in [1.82, 2.24) is 0 Å². The van der Waals surface area contributed by atoms with Crippen LogP contribution < -0.4 is 0 Å². The molecule has 0 N–H and O–H groups in total. The average Bonchev–Trinajstić information content (AvgIpc) is 2.18. The second-order valence-electron chi connectivity index (χ2n) is 3.10. The van der Waals surface area contributed by atoms with Crippen LogP contribution in [0.2, 0.25) is 0 Å². The molecule has 0 amide bonds. The Bertz CT molecular complexity index is 323. The third-order valence-electron chi connectivity index (χ3n) is 1.98. The van der Waals surface area contributed by atoms with Crippen LogP contribution in [0.25, 0.3) is 0 Å². The van der Waals surface area contributed by atoms with E-state index in [9.17, 15) is 4.79 Å². The molecule has 0 aliphatic carbocycles. The van der Waals surface area contributed by atoms with Crippen molar-refractivity contribution in [3.05, 3.63) is 34.3 Å². The molecule has 76 valence electrons. The van der Waals surface area contributed by atoms with Gasteiger partial charge < -0.3 is 4.74 Å². The van der Waals surface area contributed by atoms with Crippen LogP contribution in [0.3, 0.4) is 0 Å². The minimum absolute atomic E-state index is 0.0328. The Hall–Kier alpha value is -0.830. The molecule has 1 aromatic rings. The molecule has 0 heterocycles. The van der Waals surface area contributed by atoms with Crippen molar-refractivity contribution in [2.24, 2.45) is 0 Å². The minimum Gasteiger partial charge on any atom is -0.459 e. The van der Waals surface area contributed by atoms with E-state index in [-0.39, 0.29) is 12.1 Å². The summed E-state index contributed by atoms with van der Waals surface area (Å²) in [6.45, 7) is 3.87. The van der Waals surface area contributed by atoms with Crippen LogP contribution in [0.5, 0.6) is 0 Å². The molecule has 1 atom stereocenters. The van der Waals surface area contributed by atoms with Crippen LogP contribution >= 0.6 is 15.9 Å². The van der Waals surface area contributed by atoms with E-state index < -0.39 is 0 Å². The van der Waals surface area contributed by atoms with Crippen LogP contribution in [0.15, 0.2) is 28.7 Å². The highest BCUT2D eigenvalue weighted by molar-refractivity contribution is 9.10. The predicted octanol–water partition coefficient (Wildman–Crippen LogP) is 3.40. The molecule has 0 fully saturated rings. The lowest BCUT2D eigenvalue weighted by Crippen LogP contribution is -2.14. The summed E-state index contributed by atoms with van der Waals surface area (Å²) in [5, 5.41) is 0. The van der Waals surface area contributed by atoms with Crippen molar-refractivity contribution >= 4 is 21.9 Å². The molecule has 0 spiro atoms. The lowest BCUT2D eigenvalue weighted by molar-refractivity contribution is 0.0333. The summed E-state index contributed by atoms with van der Waals surface area (Å²) < 4.78 is 5.97. The third-order valence-corrected chi connectivity index (χ3v) is 2.67. The Labute approximate surface area is 92.4 Å². The summed E-state index contributed by atoms with van der Waals surface area (Å²) in [5.74, 6) is -0.271. The van der Waals surface area contributed by atoms with Gasteiger partial charge in [0.15, 0.2) is 0 Å². The van der Waals surface area contributed by atoms with E-state index in [2.05, 4.69) is 15.9 Å². The number of halogens is 1. The first-order chi connectivity index (χ1) is 6.65. The molecule has 1 unspecified atom stereocenters. The SMILES string of the molecule is CCC(C)OC(=O)c1ccccc1Br. The first-order valence-corrected chi connectivity index (χ1v) is 5.40. The first kappa shape index (κ1) is 11.2. The zero-order valence-electron chi connectivity index (χ0n) is 8.29. The van der Waals surface area contributed by atoms with Gasteiger partial charge in [-0.15, -0.1) is 0 Å². The van der Waals surface area contributed by atoms with Gasteiger partial charge >= 0.3 is 5.97 Å². The van der Waals surface area contributed by atoms with E-state index in [0.29, 0.717) is 5.56 Å². The molecule has 3 heteroatoms. The van der Waals surface area contributed by atoms with Gasteiger partial charge in [0, 0.05) is 4.47 Å². The van der Waals surface area contributed by atoms with Gasteiger partial charge in [-0.2, -0.15) is 0 Å². The smallest absolute Gasteiger partial charge is 0.339 e. The van der Waals surface area contributed by atoms with Gasteiger partial charge in [-0.3, -0.25) is 0 Å². The molecule has 14 heavy (non-hydrogen) atoms. The Morgan fingerprint density at radius 2 is 2.14 bits per heavy atom. The number of ether oxygens (including phenoxy) is 1. The average molecular weight is 257 g/mol. The fraction of sp³-hybridized carbons (Fsp3) is 0.364. The van der Waals surface area contributed by atoms with Crippen LogP contribution in [-0.2, 0) is 4.74 Å². The van der Waals surface area contributed by atoms with Crippen molar-refractivity contribution in [3.63, 3.8) is 0 Å². The summed E-state index contributed by atoms with van der Waals surface area (Å²) in [6.07, 6.45) is 0.797. The summed E-state index contributed by atoms with van der Waals surface area (Å²) in [4.78, 5) is 11.6. The third kappa shape index (κ3) is 2.84. The molecule has 2 nitrogen and oxygen atoms in total. The standard InChI is InChI=1S/C11H13BrO2/c1-3-8(2)14-11(13)9-6-4-5-7-10(9)12/h4-8H,3H2,1-2H3. The zero-order chi connectivity index (χ0) is 10.6. The van der Waals surface area contributed by atoms with Gasteiger partial charge in [0.25, 0.3) is 0 Å². The van der Waals surface area contributed by atoms with Crippen molar-refractivity contribution in [3.8, 4) is 0 Å². The topological polar surface area (TPSA) is 26.3 Å². The van der Waals surface area contributed by atoms with Gasteiger partial charge in [-0.25, -0.2) is 4.79 Å². The molecule has 1 aromatic carbocycles. The zero-order valence-corrected chi connectivity index (χ0v) is 9.87. The van der Waals surface area contributed by atoms with E-state index in [4.69, 9.17) is 4.74 Å². The van der Waals surface area contributed by atoms with Gasteiger partial charge in [0.2, 0.25) is 0 Å². The van der Waals surface area contributed by atoms with Crippen LogP contribution in [0.1, 0.15) is 30.6 Å². The number of carbonyl (C=O) groups is 1. The molecule has 0 radical (unpaired) electrons. The molecule has 0 bridgehead atoms. The lowest BCUT2D eigenvalue weighted by Gasteiger charge is -2.11. The van der Waals surface area contributed by atoms with Crippen molar-refractivity contribution < 1.29 is 9.53 Å². The monoisotopic (exact) mass is 256 g/mol. The maximum atomic E-state index is 11.6. The quantitative estimate of drug-likeness (QED) is 0.775. The Morgan fingerprint density at radius 3 is 2.71 bits per heavy atom. The van der Waals surface area contributed by atoms with Crippen molar-refractivity contribution in [2.45, 2.75) is 26.4 Å². The number of hydrogen-bond acceptors (Lipinski definition) is 2. The minimum atomic E-state index is -0.271. The molecular weight excluding hydrogens is 244 g/mol. The normalized spacial score (nSPS) is 12.2. The van der Waals surface area contributed by atoms with E-state index >= 15 is 0 Å². The highest BCUT2D eigenvalue weighted by Crippen LogP contribution is 2.17. The van der Waals surface area contributed by atoms with Crippen LogP contribution in [0, 0.1) is 0 Å². The lowest BCUT2D eigenvalue weighted by atomic mass is 10.2. The highest BCUT2D eigenvalue weighted by atomic mass is 79.9.